The van der Waals surface area contributed by atoms with Crippen LogP contribution in [0.1, 0.15) is 38.5 Å². The van der Waals surface area contributed by atoms with E-state index in [1.807, 2.05) is 24.3 Å². The zero-order valence-electron chi connectivity index (χ0n) is 16.7. The molecule has 1 aliphatic carbocycles. The van der Waals surface area contributed by atoms with Crippen LogP contribution in [0.15, 0.2) is 60.7 Å². The summed E-state index contributed by atoms with van der Waals surface area (Å²) in [7, 11) is 0. The van der Waals surface area contributed by atoms with Gasteiger partial charge in [0.2, 0.25) is 0 Å². The van der Waals surface area contributed by atoms with Gasteiger partial charge in [0.05, 0.1) is 12.1 Å². The summed E-state index contributed by atoms with van der Waals surface area (Å²) < 4.78 is 19.4. The topological polar surface area (TPSA) is 66.8 Å². The van der Waals surface area contributed by atoms with Crippen LogP contribution in [0, 0.1) is 5.82 Å². The van der Waals surface area contributed by atoms with Gasteiger partial charge in [-0.1, -0.05) is 48.5 Å². The van der Waals surface area contributed by atoms with Gasteiger partial charge in [0, 0.05) is 12.5 Å². The lowest BCUT2D eigenvalue weighted by atomic mass is 9.95. The Morgan fingerprint density at radius 3 is 2.32 bits per heavy atom. The van der Waals surface area contributed by atoms with Gasteiger partial charge in [-0.2, -0.15) is 0 Å². The number of nitrogens with zero attached hydrogens (tertiary/aromatic N) is 1. The predicted molar refractivity (Wildman–Crippen MR) is 113 cm³/mol. The van der Waals surface area contributed by atoms with E-state index in [0.717, 1.165) is 28.3 Å². The molecule has 0 aromatic heterocycles. The van der Waals surface area contributed by atoms with E-state index in [0.29, 0.717) is 24.1 Å². The average Bonchev–Trinajstić information content (AvgIpc) is 3.10. The Kier molecular flexibility index (Phi) is 4.70. The number of halogens is 1. The number of benzene rings is 3. The van der Waals surface area contributed by atoms with Crippen LogP contribution in [0.2, 0.25) is 0 Å². The van der Waals surface area contributed by atoms with E-state index in [1.54, 1.807) is 0 Å². The van der Waals surface area contributed by atoms with Gasteiger partial charge in [-0.25, -0.2) is 14.0 Å². The first-order valence-corrected chi connectivity index (χ1v) is 10.2. The number of carbonyl (C=O) groups is 2. The summed E-state index contributed by atoms with van der Waals surface area (Å²) in [6, 6.07) is 18.6. The van der Waals surface area contributed by atoms with Crippen LogP contribution in [0.25, 0.3) is 11.1 Å². The van der Waals surface area contributed by atoms with Crippen LogP contribution in [0.3, 0.4) is 0 Å². The molecule has 3 aromatic carbocycles. The monoisotopic (exact) mass is 417 g/mol. The second-order valence-electron chi connectivity index (χ2n) is 7.87. The van der Waals surface area contributed by atoms with Crippen molar-refractivity contribution in [1.82, 2.24) is 4.90 Å². The summed E-state index contributed by atoms with van der Waals surface area (Å²) in [4.78, 5) is 25.8. The Hall–Kier alpha value is -3.67. The number of hydrogen-bond acceptors (Lipinski definition) is 3. The summed E-state index contributed by atoms with van der Waals surface area (Å²) in [5.74, 6) is -1.83. The van der Waals surface area contributed by atoms with Gasteiger partial charge in [-0.3, -0.25) is 0 Å². The van der Waals surface area contributed by atoms with E-state index in [9.17, 15) is 19.1 Å². The molecule has 2 aliphatic rings. The molecule has 0 unspecified atom stereocenters. The minimum atomic E-state index is -1.20. The fourth-order valence-corrected chi connectivity index (χ4v) is 4.66. The largest absolute Gasteiger partial charge is 0.478 e. The van der Waals surface area contributed by atoms with Gasteiger partial charge in [-0.05, 0) is 51.9 Å². The third kappa shape index (κ3) is 3.34. The SMILES string of the molecule is O=C(O)c1cc(F)cc2c1CN(C(=O)OCC1c3ccccc3-c3ccccc31)CC2. The number of carboxylic acids is 1. The number of hydrogen-bond donors (Lipinski definition) is 1. The van der Waals surface area contributed by atoms with Crippen LogP contribution >= 0.6 is 0 Å². The van der Waals surface area contributed by atoms with Crippen LogP contribution in [0.5, 0.6) is 0 Å². The zero-order chi connectivity index (χ0) is 21.5. The molecule has 1 amide bonds. The van der Waals surface area contributed by atoms with E-state index in [2.05, 4.69) is 24.3 Å². The average molecular weight is 417 g/mol. The summed E-state index contributed by atoms with van der Waals surface area (Å²) in [6.45, 7) is 0.644. The van der Waals surface area contributed by atoms with Crippen molar-refractivity contribution in [2.45, 2.75) is 18.9 Å². The van der Waals surface area contributed by atoms with Crippen molar-refractivity contribution in [2.75, 3.05) is 13.2 Å². The number of carboxylic acid groups (broad SMARTS) is 1. The molecule has 1 N–H and O–H groups in total. The van der Waals surface area contributed by atoms with Crippen LogP contribution in [0.4, 0.5) is 9.18 Å². The Bertz CT molecular complexity index is 1160. The molecule has 3 aromatic rings. The number of carbonyl (C=O) groups excluding carboxylic acids is 1. The molecule has 5 rings (SSSR count). The van der Waals surface area contributed by atoms with Crippen molar-refractivity contribution < 1.29 is 23.8 Å². The Morgan fingerprint density at radius 2 is 1.68 bits per heavy atom. The quantitative estimate of drug-likeness (QED) is 0.663. The van der Waals surface area contributed by atoms with Crippen molar-refractivity contribution in [3.63, 3.8) is 0 Å². The molecule has 156 valence electrons. The second kappa shape index (κ2) is 7.54. The number of fused-ring (bicyclic) bond motifs is 4. The molecule has 31 heavy (non-hydrogen) atoms. The standard InChI is InChI=1S/C25H20FNO4/c26-16-11-15-9-10-27(13-22(15)21(12-16)24(28)29)25(30)31-14-23-19-7-3-1-5-17(19)18-6-2-4-8-20(18)23/h1-8,11-12,23H,9-10,13-14H2,(H,28,29). The summed E-state index contributed by atoms with van der Waals surface area (Å²) >= 11 is 0. The summed E-state index contributed by atoms with van der Waals surface area (Å²) in [6.07, 6.45) is -0.106. The lowest BCUT2D eigenvalue weighted by Gasteiger charge is -2.29. The molecule has 0 atom stereocenters. The first-order valence-electron chi connectivity index (χ1n) is 10.2. The van der Waals surface area contributed by atoms with E-state index in [-0.39, 0.29) is 24.6 Å². The number of rotatable bonds is 3. The Labute approximate surface area is 178 Å². The van der Waals surface area contributed by atoms with Crippen molar-refractivity contribution in [3.8, 4) is 11.1 Å². The van der Waals surface area contributed by atoms with Crippen LogP contribution in [-0.4, -0.2) is 35.2 Å². The minimum Gasteiger partial charge on any atom is -0.478 e. The molecule has 1 heterocycles. The molecule has 6 heteroatoms. The maximum Gasteiger partial charge on any atom is 0.410 e. The maximum atomic E-state index is 13.7. The lowest BCUT2D eigenvalue weighted by molar-refractivity contribution is 0.0688. The molecule has 1 aliphatic heterocycles. The molecular weight excluding hydrogens is 397 g/mol. The van der Waals surface area contributed by atoms with Gasteiger partial charge in [0.25, 0.3) is 0 Å². The fourth-order valence-electron chi connectivity index (χ4n) is 4.66. The number of ether oxygens (including phenoxy) is 1. The third-order valence-corrected chi connectivity index (χ3v) is 6.13. The van der Waals surface area contributed by atoms with E-state index < -0.39 is 17.9 Å². The molecular formula is C25H20FNO4. The second-order valence-corrected chi connectivity index (χ2v) is 7.87. The zero-order valence-corrected chi connectivity index (χ0v) is 16.7. The molecule has 0 spiro atoms. The van der Waals surface area contributed by atoms with Crippen molar-refractivity contribution >= 4 is 12.1 Å². The highest BCUT2D eigenvalue weighted by molar-refractivity contribution is 5.90. The minimum absolute atomic E-state index is 0.0443. The highest BCUT2D eigenvalue weighted by Crippen LogP contribution is 2.44. The summed E-state index contributed by atoms with van der Waals surface area (Å²) in [5, 5.41) is 9.42. The van der Waals surface area contributed by atoms with Crippen molar-refractivity contribution in [3.05, 3.63) is 94.3 Å². The Balaban J connectivity index is 1.34. The van der Waals surface area contributed by atoms with Crippen molar-refractivity contribution in [1.29, 1.82) is 0 Å². The van der Waals surface area contributed by atoms with Crippen LogP contribution in [-0.2, 0) is 17.7 Å². The fraction of sp³-hybridized carbons (Fsp3) is 0.200. The molecule has 0 radical (unpaired) electrons. The third-order valence-electron chi connectivity index (χ3n) is 6.13. The van der Waals surface area contributed by atoms with Gasteiger partial charge < -0.3 is 14.7 Å². The van der Waals surface area contributed by atoms with Gasteiger partial charge in [-0.15, -0.1) is 0 Å². The molecule has 0 saturated carbocycles. The van der Waals surface area contributed by atoms with Crippen LogP contribution < -0.4 is 0 Å². The number of aromatic carboxylic acids is 1. The van der Waals surface area contributed by atoms with E-state index in [4.69, 9.17) is 4.74 Å². The van der Waals surface area contributed by atoms with Gasteiger partial charge in [0.15, 0.2) is 0 Å². The molecule has 0 saturated heterocycles. The predicted octanol–water partition coefficient (Wildman–Crippen LogP) is 4.83. The van der Waals surface area contributed by atoms with Gasteiger partial charge in [0.1, 0.15) is 12.4 Å². The highest BCUT2D eigenvalue weighted by atomic mass is 19.1. The normalized spacial score (nSPS) is 14.5. The van der Waals surface area contributed by atoms with Crippen molar-refractivity contribution in [2.24, 2.45) is 0 Å². The van der Waals surface area contributed by atoms with E-state index in [1.165, 1.54) is 11.0 Å². The smallest absolute Gasteiger partial charge is 0.410 e. The first kappa shape index (κ1) is 19.3. The molecule has 5 nitrogen and oxygen atoms in total. The first-order chi connectivity index (χ1) is 15.0. The maximum absolute atomic E-state index is 13.7. The molecule has 0 bridgehead atoms. The number of amides is 1. The van der Waals surface area contributed by atoms with E-state index >= 15 is 0 Å². The summed E-state index contributed by atoms with van der Waals surface area (Å²) in [5.41, 5.74) is 5.55. The molecule has 0 fully saturated rings. The lowest BCUT2D eigenvalue weighted by Crippen LogP contribution is -2.37. The highest BCUT2D eigenvalue weighted by Gasteiger charge is 2.31. The van der Waals surface area contributed by atoms with Gasteiger partial charge >= 0.3 is 12.1 Å². The Morgan fingerprint density at radius 1 is 1.03 bits per heavy atom.